The van der Waals surface area contributed by atoms with Crippen molar-refractivity contribution in [2.24, 2.45) is 0 Å². The number of hydrogen-bond donors (Lipinski definition) is 0. The topological polar surface area (TPSA) is 98.5 Å². The van der Waals surface area contributed by atoms with Gasteiger partial charge in [-0.15, -0.1) is 0 Å². The Labute approximate surface area is 152 Å². The van der Waals surface area contributed by atoms with Crippen LogP contribution in [0.15, 0.2) is 6.20 Å². The highest BCUT2D eigenvalue weighted by Gasteiger charge is 2.37. The second-order valence-electron chi connectivity index (χ2n) is 5.40. The number of nitro groups is 1. The number of ether oxygens (including phenoxy) is 1. The van der Waals surface area contributed by atoms with Crippen LogP contribution in [0.1, 0.15) is 52.9 Å². The molecular formula is C16H25ClN4O4. The van der Waals surface area contributed by atoms with E-state index in [-0.39, 0.29) is 22.8 Å². The van der Waals surface area contributed by atoms with Crippen LogP contribution in [0.3, 0.4) is 0 Å². The van der Waals surface area contributed by atoms with E-state index in [1.54, 1.807) is 4.90 Å². The van der Waals surface area contributed by atoms with Crippen molar-refractivity contribution in [1.82, 2.24) is 9.97 Å². The summed E-state index contributed by atoms with van der Waals surface area (Å²) in [5, 5.41) is 11.3. The number of carbonyl (C=O) groups excluding carboxylic acids is 1. The van der Waals surface area contributed by atoms with Gasteiger partial charge in [0.2, 0.25) is 11.1 Å². The molecule has 1 fully saturated rings. The fourth-order valence-corrected chi connectivity index (χ4v) is 3.16. The lowest BCUT2D eigenvalue weighted by molar-refractivity contribution is -0.384. The predicted molar refractivity (Wildman–Crippen MR) is 95.9 cm³/mol. The number of anilines is 1. The Morgan fingerprint density at radius 2 is 2.08 bits per heavy atom. The number of nitrogens with zero attached hydrogens (tertiary/aromatic N) is 4. The molecule has 1 aliphatic carbocycles. The zero-order chi connectivity index (χ0) is 19.0. The van der Waals surface area contributed by atoms with E-state index in [4.69, 9.17) is 16.3 Å². The van der Waals surface area contributed by atoms with Crippen molar-refractivity contribution in [3.63, 3.8) is 0 Å². The van der Waals surface area contributed by atoms with Crippen molar-refractivity contribution < 1.29 is 14.5 Å². The summed E-state index contributed by atoms with van der Waals surface area (Å²) in [5.74, 6) is -0.359. The molecule has 1 heterocycles. The molecule has 0 aromatic carbocycles. The molecule has 1 aliphatic rings. The number of aromatic nitrogens is 2. The molecule has 0 aliphatic heterocycles. The molecule has 1 aromatic heterocycles. The predicted octanol–water partition coefficient (Wildman–Crippen LogP) is 3.77. The summed E-state index contributed by atoms with van der Waals surface area (Å²) < 4.78 is 4.87. The molecule has 1 saturated carbocycles. The van der Waals surface area contributed by atoms with Crippen LogP contribution in [-0.2, 0) is 9.53 Å². The first-order chi connectivity index (χ1) is 12.0. The highest BCUT2D eigenvalue weighted by molar-refractivity contribution is 6.28. The minimum absolute atomic E-state index is 0.0104. The van der Waals surface area contributed by atoms with E-state index in [9.17, 15) is 14.9 Å². The summed E-state index contributed by atoms with van der Waals surface area (Å²) in [6, 6.07) is -0.656. The van der Waals surface area contributed by atoms with Crippen LogP contribution in [0, 0.1) is 10.1 Å². The Hall–Kier alpha value is -1.96. The van der Waals surface area contributed by atoms with E-state index in [1.807, 2.05) is 20.8 Å². The summed E-state index contributed by atoms with van der Waals surface area (Å²) in [7, 11) is 1.30. The molecule has 0 amide bonds. The number of hydrogen-bond acceptors (Lipinski definition) is 7. The van der Waals surface area contributed by atoms with Gasteiger partial charge >= 0.3 is 11.7 Å². The Morgan fingerprint density at radius 3 is 2.56 bits per heavy atom. The average Bonchev–Trinajstić information content (AvgIpc) is 3.14. The fraction of sp³-hybridized carbons (Fsp3) is 0.688. The first-order valence-corrected chi connectivity index (χ1v) is 8.90. The molecule has 2 rings (SSSR count). The smallest absolute Gasteiger partial charge is 0.329 e. The van der Waals surface area contributed by atoms with Gasteiger partial charge in [-0.2, -0.15) is 4.98 Å². The van der Waals surface area contributed by atoms with Crippen LogP contribution in [-0.4, -0.2) is 40.1 Å². The van der Waals surface area contributed by atoms with Gasteiger partial charge in [-0.25, -0.2) is 9.78 Å². The normalized spacial score (nSPS) is 15.1. The Kier molecular flexibility index (Phi) is 8.54. The molecule has 1 unspecified atom stereocenters. The maximum atomic E-state index is 12.2. The summed E-state index contributed by atoms with van der Waals surface area (Å²) >= 11 is 5.85. The lowest BCUT2D eigenvalue weighted by atomic mass is 10.1. The van der Waals surface area contributed by atoms with Gasteiger partial charge in [-0.05, 0) is 30.9 Å². The average molecular weight is 373 g/mol. The van der Waals surface area contributed by atoms with Gasteiger partial charge < -0.3 is 9.64 Å². The fourth-order valence-electron chi connectivity index (χ4n) is 3.03. The minimum atomic E-state index is -0.646. The van der Waals surface area contributed by atoms with Crippen LogP contribution < -0.4 is 4.90 Å². The van der Waals surface area contributed by atoms with Gasteiger partial charge in [0.15, 0.2) is 0 Å². The van der Waals surface area contributed by atoms with Gasteiger partial charge in [0.25, 0.3) is 0 Å². The van der Waals surface area contributed by atoms with Crippen LogP contribution in [0.4, 0.5) is 11.5 Å². The molecule has 0 bridgehead atoms. The number of methoxy groups -OCH3 is 1. The minimum Gasteiger partial charge on any atom is -0.467 e. The maximum Gasteiger partial charge on any atom is 0.329 e. The largest absolute Gasteiger partial charge is 0.467 e. The number of esters is 1. The van der Waals surface area contributed by atoms with Crippen molar-refractivity contribution in [2.45, 2.75) is 65.0 Å². The van der Waals surface area contributed by atoms with E-state index in [0.29, 0.717) is 6.42 Å². The molecule has 1 aromatic rings. The second-order valence-corrected chi connectivity index (χ2v) is 5.74. The van der Waals surface area contributed by atoms with Gasteiger partial charge in [0.1, 0.15) is 12.2 Å². The number of carbonyl (C=O) groups is 1. The standard InChI is InChI=1S/C14H19ClN4O4.C2H6/c1-3-10(13(20)23-2)18(9-6-4-5-7-9)12-11(19(21)22)8-16-14(15)17-12;1-2/h8-10H,3-7H2,1-2H3;1-2H3. The lowest BCUT2D eigenvalue weighted by Crippen LogP contribution is -2.47. The van der Waals surface area contributed by atoms with Crippen molar-refractivity contribution >= 4 is 29.1 Å². The third-order valence-corrected chi connectivity index (χ3v) is 4.26. The van der Waals surface area contributed by atoms with Gasteiger partial charge in [0.05, 0.1) is 12.0 Å². The Bertz CT molecular complexity index is 593. The number of rotatable bonds is 6. The monoisotopic (exact) mass is 372 g/mol. The third kappa shape index (κ3) is 5.01. The highest BCUT2D eigenvalue weighted by Crippen LogP contribution is 2.35. The molecule has 9 heteroatoms. The van der Waals surface area contributed by atoms with Crippen LogP contribution in [0.25, 0.3) is 0 Å². The van der Waals surface area contributed by atoms with Crippen LogP contribution in [0.2, 0.25) is 5.28 Å². The SMILES string of the molecule is CC.CCC(C(=O)OC)N(c1nc(Cl)ncc1[N+](=O)[O-])C1CCCC1. The molecule has 0 saturated heterocycles. The molecule has 140 valence electrons. The summed E-state index contributed by atoms with van der Waals surface area (Å²) in [6.07, 6.45) is 5.22. The van der Waals surface area contributed by atoms with Crippen LogP contribution in [0.5, 0.6) is 0 Å². The zero-order valence-electron chi connectivity index (χ0n) is 15.1. The molecule has 1 atom stereocenters. The van der Waals surface area contributed by atoms with Gasteiger partial charge in [-0.1, -0.05) is 33.6 Å². The highest BCUT2D eigenvalue weighted by atomic mass is 35.5. The van der Waals surface area contributed by atoms with Crippen LogP contribution >= 0.6 is 11.6 Å². The summed E-state index contributed by atoms with van der Waals surface area (Å²) in [6.45, 7) is 5.83. The van der Waals surface area contributed by atoms with E-state index in [0.717, 1.165) is 31.9 Å². The molecule has 25 heavy (non-hydrogen) atoms. The van der Waals surface area contributed by atoms with Crippen molar-refractivity contribution in [3.05, 3.63) is 21.6 Å². The first kappa shape index (κ1) is 21.1. The van der Waals surface area contributed by atoms with Crippen molar-refractivity contribution in [1.29, 1.82) is 0 Å². The van der Waals surface area contributed by atoms with Crippen molar-refractivity contribution in [2.75, 3.05) is 12.0 Å². The maximum absolute atomic E-state index is 12.2. The quantitative estimate of drug-likeness (QED) is 0.324. The Morgan fingerprint density at radius 1 is 1.48 bits per heavy atom. The van der Waals surface area contributed by atoms with Crippen molar-refractivity contribution in [3.8, 4) is 0 Å². The lowest BCUT2D eigenvalue weighted by Gasteiger charge is -2.34. The van der Waals surface area contributed by atoms with Gasteiger partial charge in [-0.3, -0.25) is 10.1 Å². The van der Waals surface area contributed by atoms with E-state index in [1.165, 1.54) is 7.11 Å². The Balaban J connectivity index is 0.00000151. The molecule has 8 nitrogen and oxygen atoms in total. The van der Waals surface area contributed by atoms with E-state index < -0.39 is 16.9 Å². The first-order valence-electron chi connectivity index (χ1n) is 8.52. The number of halogens is 1. The van der Waals surface area contributed by atoms with E-state index in [2.05, 4.69) is 9.97 Å². The molecule has 0 N–H and O–H groups in total. The molecule has 0 radical (unpaired) electrons. The third-order valence-electron chi connectivity index (χ3n) is 4.08. The van der Waals surface area contributed by atoms with Gasteiger partial charge in [0, 0.05) is 6.04 Å². The summed E-state index contributed by atoms with van der Waals surface area (Å²) in [5.41, 5.74) is -0.261. The molecule has 0 spiro atoms. The molecular weight excluding hydrogens is 348 g/mol. The zero-order valence-corrected chi connectivity index (χ0v) is 15.8. The van der Waals surface area contributed by atoms with E-state index >= 15 is 0 Å². The second kappa shape index (κ2) is 10.1. The summed E-state index contributed by atoms with van der Waals surface area (Å²) in [4.78, 5) is 32.4.